The van der Waals surface area contributed by atoms with Gasteiger partial charge >= 0.3 is 0 Å². The highest BCUT2D eigenvalue weighted by Gasteiger charge is 2.37. The van der Waals surface area contributed by atoms with Crippen LogP contribution in [0.1, 0.15) is 47.3 Å². The minimum absolute atomic E-state index is 0.119. The van der Waals surface area contributed by atoms with Crippen LogP contribution in [0, 0.1) is 12.7 Å². The summed E-state index contributed by atoms with van der Waals surface area (Å²) in [6.07, 6.45) is 0.450. The molecule has 2 heterocycles. The fourth-order valence-electron chi connectivity index (χ4n) is 4.11. The van der Waals surface area contributed by atoms with Crippen LogP contribution in [0.15, 0.2) is 47.6 Å². The maximum atomic E-state index is 13.7. The fourth-order valence-corrected chi connectivity index (χ4v) is 4.11. The number of nitrogens with zero attached hydrogens (tertiary/aromatic N) is 3. The van der Waals surface area contributed by atoms with Crippen molar-refractivity contribution in [3.05, 3.63) is 70.5 Å². The zero-order chi connectivity index (χ0) is 23.0. The molecule has 0 N–H and O–H groups in total. The Balaban J connectivity index is 1.51. The Morgan fingerprint density at radius 3 is 2.50 bits per heavy atom. The second-order valence-electron chi connectivity index (χ2n) is 8.27. The number of oxime groups is 1. The summed E-state index contributed by atoms with van der Waals surface area (Å²) in [7, 11) is 0. The normalized spacial score (nSPS) is 20.9. The third-order valence-corrected chi connectivity index (χ3v) is 5.95. The van der Waals surface area contributed by atoms with Crippen molar-refractivity contribution >= 4 is 23.4 Å². The number of aryl methyl sites for hydroxylation is 1. The van der Waals surface area contributed by atoms with Crippen molar-refractivity contribution in [1.82, 2.24) is 9.80 Å². The van der Waals surface area contributed by atoms with Crippen LogP contribution in [0.4, 0.5) is 4.39 Å². The Kier molecular flexibility index (Phi) is 5.54. The number of likely N-dealkylation sites (N-methyl/N-ethyl adjacent to an activating group) is 1. The summed E-state index contributed by atoms with van der Waals surface area (Å²) in [6.45, 7) is 5.44. The van der Waals surface area contributed by atoms with Gasteiger partial charge in [0.1, 0.15) is 18.9 Å². The largest absolute Gasteiger partial charge is 0.384 e. The summed E-state index contributed by atoms with van der Waals surface area (Å²) in [5.74, 6) is -1.45. The van der Waals surface area contributed by atoms with Gasteiger partial charge in [0.05, 0.1) is 5.71 Å². The molecule has 2 aliphatic heterocycles. The number of hydrogen-bond donors (Lipinski definition) is 0. The Labute approximate surface area is 185 Å². The summed E-state index contributed by atoms with van der Waals surface area (Å²) in [5.41, 5.74) is 2.53. The zero-order valence-electron chi connectivity index (χ0n) is 18.2. The van der Waals surface area contributed by atoms with Crippen LogP contribution in [-0.4, -0.2) is 52.9 Å². The van der Waals surface area contributed by atoms with Crippen molar-refractivity contribution in [1.29, 1.82) is 0 Å². The molecule has 2 aromatic rings. The molecule has 7 nitrogen and oxygen atoms in total. The lowest BCUT2D eigenvalue weighted by molar-refractivity contribution is -0.149. The topological polar surface area (TPSA) is 79.3 Å². The summed E-state index contributed by atoms with van der Waals surface area (Å²) < 4.78 is 13.7. The number of imide groups is 1. The molecule has 2 aromatic carbocycles. The first-order valence-electron chi connectivity index (χ1n) is 10.5. The van der Waals surface area contributed by atoms with Gasteiger partial charge in [-0.15, -0.1) is 0 Å². The standard InChI is InChI=1S/C24H24FN3O4/c1-4-28-21(29)13-27(14-22(28)30)23(31)19-9-8-16(10-15(19)2)20-12-24(3,32-26-20)17-6-5-7-18(25)11-17/h5-11H,4,12-14H2,1-3H3. The van der Waals surface area contributed by atoms with Crippen LogP contribution in [-0.2, 0) is 20.0 Å². The molecule has 166 valence electrons. The van der Waals surface area contributed by atoms with E-state index in [2.05, 4.69) is 5.16 Å². The first-order chi connectivity index (χ1) is 15.2. The predicted molar refractivity (Wildman–Crippen MR) is 115 cm³/mol. The van der Waals surface area contributed by atoms with Crippen LogP contribution < -0.4 is 0 Å². The molecule has 0 saturated carbocycles. The van der Waals surface area contributed by atoms with Crippen molar-refractivity contribution in [2.45, 2.75) is 32.8 Å². The number of benzene rings is 2. The smallest absolute Gasteiger partial charge is 0.255 e. The van der Waals surface area contributed by atoms with Crippen LogP contribution >= 0.6 is 0 Å². The number of rotatable bonds is 4. The molecule has 1 atom stereocenters. The summed E-state index contributed by atoms with van der Waals surface area (Å²) in [6, 6.07) is 11.5. The van der Waals surface area contributed by atoms with Gasteiger partial charge in [0, 0.05) is 24.1 Å². The van der Waals surface area contributed by atoms with E-state index in [1.54, 1.807) is 38.1 Å². The molecule has 0 aromatic heterocycles. The SMILES string of the molecule is CCN1C(=O)CN(C(=O)c2ccc(C3=NOC(C)(c4cccc(F)c4)C3)cc2C)CC1=O. The van der Waals surface area contributed by atoms with Gasteiger partial charge in [0.25, 0.3) is 5.91 Å². The van der Waals surface area contributed by atoms with Crippen molar-refractivity contribution in [2.24, 2.45) is 5.16 Å². The van der Waals surface area contributed by atoms with E-state index in [0.717, 1.165) is 10.5 Å². The van der Waals surface area contributed by atoms with E-state index < -0.39 is 5.60 Å². The lowest BCUT2D eigenvalue weighted by Crippen LogP contribution is -2.55. The van der Waals surface area contributed by atoms with E-state index in [4.69, 9.17) is 4.84 Å². The zero-order valence-corrected chi connectivity index (χ0v) is 18.2. The molecule has 2 aliphatic rings. The lowest BCUT2D eigenvalue weighted by atomic mass is 9.88. The maximum absolute atomic E-state index is 13.7. The van der Waals surface area contributed by atoms with Crippen LogP contribution in [0.25, 0.3) is 0 Å². The number of carbonyl (C=O) groups is 3. The third-order valence-electron chi connectivity index (χ3n) is 5.95. The van der Waals surface area contributed by atoms with Gasteiger partial charge in [0.15, 0.2) is 5.60 Å². The molecule has 1 unspecified atom stereocenters. The second kappa shape index (κ2) is 8.18. The molecule has 0 spiro atoms. The molecule has 3 amide bonds. The molecule has 1 fully saturated rings. The molecular weight excluding hydrogens is 413 g/mol. The van der Waals surface area contributed by atoms with Crippen LogP contribution in [0.2, 0.25) is 0 Å². The Bertz CT molecular complexity index is 1130. The summed E-state index contributed by atoms with van der Waals surface area (Å²) in [5, 5.41) is 4.21. The highest BCUT2D eigenvalue weighted by Crippen LogP contribution is 2.36. The third kappa shape index (κ3) is 3.88. The average Bonchev–Trinajstić information content (AvgIpc) is 3.16. The average molecular weight is 437 g/mol. The van der Waals surface area contributed by atoms with E-state index in [1.807, 2.05) is 13.0 Å². The van der Waals surface area contributed by atoms with Crippen molar-refractivity contribution < 1.29 is 23.6 Å². The predicted octanol–water partition coefficient (Wildman–Crippen LogP) is 3.00. The van der Waals surface area contributed by atoms with E-state index in [1.165, 1.54) is 17.0 Å². The molecule has 8 heteroatoms. The van der Waals surface area contributed by atoms with Crippen molar-refractivity contribution in [2.75, 3.05) is 19.6 Å². The van der Waals surface area contributed by atoms with Gasteiger partial charge in [-0.1, -0.05) is 23.4 Å². The molecular formula is C24H24FN3O4. The maximum Gasteiger partial charge on any atom is 0.255 e. The minimum atomic E-state index is -0.778. The van der Waals surface area contributed by atoms with Gasteiger partial charge in [-0.25, -0.2) is 4.39 Å². The monoisotopic (exact) mass is 437 g/mol. The first-order valence-corrected chi connectivity index (χ1v) is 10.5. The molecule has 1 saturated heterocycles. The number of hydrogen-bond acceptors (Lipinski definition) is 5. The van der Waals surface area contributed by atoms with E-state index in [0.29, 0.717) is 35.4 Å². The minimum Gasteiger partial charge on any atom is -0.384 e. The van der Waals surface area contributed by atoms with Crippen LogP contribution in [0.5, 0.6) is 0 Å². The Hall–Kier alpha value is -3.55. The molecule has 0 bridgehead atoms. The summed E-state index contributed by atoms with van der Waals surface area (Å²) in [4.78, 5) is 45.4. The van der Waals surface area contributed by atoms with E-state index >= 15 is 0 Å². The van der Waals surface area contributed by atoms with Gasteiger partial charge in [-0.3, -0.25) is 19.3 Å². The summed E-state index contributed by atoms with van der Waals surface area (Å²) >= 11 is 0. The lowest BCUT2D eigenvalue weighted by Gasteiger charge is -2.32. The fraction of sp³-hybridized carbons (Fsp3) is 0.333. The number of piperazine rings is 1. The number of halogens is 1. The number of carbonyl (C=O) groups excluding carboxylic acids is 3. The highest BCUT2D eigenvalue weighted by molar-refractivity contribution is 6.07. The molecule has 4 rings (SSSR count). The molecule has 32 heavy (non-hydrogen) atoms. The van der Waals surface area contributed by atoms with Gasteiger partial charge in [0.2, 0.25) is 11.8 Å². The van der Waals surface area contributed by atoms with Crippen LogP contribution in [0.3, 0.4) is 0 Å². The van der Waals surface area contributed by atoms with Gasteiger partial charge in [-0.05, 0) is 56.2 Å². The number of amides is 3. The Morgan fingerprint density at radius 2 is 1.88 bits per heavy atom. The Morgan fingerprint density at radius 1 is 1.16 bits per heavy atom. The van der Waals surface area contributed by atoms with Crippen molar-refractivity contribution in [3.8, 4) is 0 Å². The quantitative estimate of drug-likeness (QED) is 0.689. The van der Waals surface area contributed by atoms with Gasteiger partial charge < -0.3 is 9.74 Å². The molecule has 0 radical (unpaired) electrons. The van der Waals surface area contributed by atoms with E-state index in [-0.39, 0.29) is 36.6 Å². The van der Waals surface area contributed by atoms with Gasteiger partial charge in [-0.2, -0.15) is 0 Å². The van der Waals surface area contributed by atoms with Crippen molar-refractivity contribution in [3.63, 3.8) is 0 Å². The second-order valence-corrected chi connectivity index (χ2v) is 8.27. The van der Waals surface area contributed by atoms with E-state index in [9.17, 15) is 18.8 Å². The molecule has 0 aliphatic carbocycles. The highest BCUT2D eigenvalue weighted by atomic mass is 19.1. The first kappa shape index (κ1) is 21.7.